The first-order valence-corrected chi connectivity index (χ1v) is 7.21. The summed E-state index contributed by atoms with van der Waals surface area (Å²) in [6, 6.07) is 0. The molecule has 1 rings (SSSR count). The summed E-state index contributed by atoms with van der Waals surface area (Å²) in [4.78, 5) is 4.98. The third-order valence-corrected chi connectivity index (χ3v) is 2.88. The van der Waals surface area contributed by atoms with E-state index in [2.05, 4.69) is 30.7 Å². The van der Waals surface area contributed by atoms with Crippen LogP contribution in [0.4, 0.5) is 0 Å². The Hall–Kier alpha value is -0.120. The maximum Gasteiger partial charge on any atom is 0.0518 e. The van der Waals surface area contributed by atoms with Crippen LogP contribution in [-0.4, -0.2) is 62.3 Å². The van der Waals surface area contributed by atoms with Crippen molar-refractivity contribution in [2.75, 3.05) is 46.4 Å². The monoisotopic (exact) mass is 244 g/mol. The average Bonchev–Trinajstić information content (AvgIpc) is 2.52. The van der Waals surface area contributed by atoms with Gasteiger partial charge >= 0.3 is 0 Å². The third kappa shape index (κ3) is 9.57. The minimum atomic E-state index is 0.375. The van der Waals surface area contributed by atoms with Gasteiger partial charge in [-0.15, -0.1) is 0 Å². The molecule has 0 radical (unpaired) electrons. The molecule has 3 nitrogen and oxygen atoms in total. The zero-order valence-corrected chi connectivity index (χ0v) is 12.5. The predicted octanol–water partition coefficient (Wildman–Crippen LogP) is 2.47. The Labute approximate surface area is 108 Å². The highest BCUT2D eigenvalue weighted by Crippen LogP contribution is 2.02. The second-order valence-electron chi connectivity index (χ2n) is 4.77. The van der Waals surface area contributed by atoms with E-state index < -0.39 is 0 Å². The van der Waals surface area contributed by atoms with E-state index in [0.29, 0.717) is 6.10 Å². The van der Waals surface area contributed by atoms with Crippen LogP contribution in [0.5, 0.6) is 0 Å². The molecule has 3 heteroatoms. The van der Waals surface area contributed by atoms with Gasteiger partial charge in [0.25, 0.3) is 0 Å². The normalized spacial score (nSPS) is 18.7. The predicted molar refractivity (Wildman–Crippen MR) is 75.6 cm³/mol. The number of likely N-dealkylation sites (N-methyl/N-ethyl adjacent to an activating group) is 1. The van der Waals surface area contributed by atoms with Gasteiger partial charge in [-0.25, -0.2) is 0 Å². The molecule has 0 aromatic carbocycles. The van der Waals surface area contributed by atoms with Gasteiger partial charge in [-0.1, -0.05) is 13.8 Å². The zero-order valence-electron chi connectivity index (χ0n) is 12.5. The van der Waals surface area contributed by atoms with E-state index in [1.165, 1.54) is 45.6 Å². The van der Waals surface area contributed by atoms with Crippen LogP contribution in [0.25, 0.3) is 0 Å². The van der Waals surface area contributed by atoms with E-state index >= 15 is 0 Å². The third-order valence-electron chi connectivity index (χ3n) is 2.88. The van der Waals surface area contributed by atoms with E-state index in [9.17, 15) is 0 Å². The summed E-state index contributed by atoms with van der Waals surface area (Å²) in [6.45, 7) is 15.2. The lowest BCUT2D eigenvalue weighted by Gasteiger charge is -2.20. The van der Waals surface area contributed by atoms with Gasteiger partial charge in [0.1, 0.15) is 0 Å². The number of hydrogen-bond acceptors (Lipinski definition) is 3. The van der Waals surface area contributed by atoms with E-state index in [-0.39, 0.29) is 0 Å². The van der Waals surface area contributed by atoms with Crippen LogP contribution in [0.1, 0.15) is 40.5 Å². The Morgan fingerprint density at radius 1 is 1.06 bits per heavy atom. The lowest BCUT2D eigenvalue weighted by Crippen LogP contribution is -2.30. The summed E-state index contributed by atoms with van der Waals surface area (Å²) in [6.07, 6.45) is 2.85. The SMILES string of the molecule is CC.CC(C)OCCCN1CCCN(C)CC1. The van der Waals surface area contributed by atoms with Crippen LogP contribution in [0, 0.1) is 0 Å². The van der Waals surface area contributed by atoms with Crippen molar-refractivity contribution < 1.29 is 4.74 Å². The number of nitrogens with zero attached hydrogens (tertiary/aromatic N) is 2. The van der Waals surface area contributed by atoms with Crippen LogP contribution in [0.2, 0.25) is 0 Å². The molecule has 1 aliphatic heterocycles. The highest BCUT2D eigenvalue weighted by Gasteiger charge is 2.11. The van der Waals surface area contributed by atoms with Crippen molar-refractivity contribution in [1.82, 2.24) is 9.80 Å². The molecule has 104 valence electrons. The van der Waals surface area contributed by atoms with Crippen molar-refractivity contribution in [2.24, 2.45) is 0 Å². The van der Waals surface area contributed by atoms with Crippen molar-refractivity contribution >= 4 is 0 Å². The van der Waals surface area contributed by atoms with Gasteiger partial charge in [0.05, 0.1) is 6.10 Å². The summed E-state index contributed by atoms with van der Waals surface area (Å²) in [5, 5.41) is 0. The van der Waals surface area contributed by atoms with Gasteiger partial charge < -0.3 is 14.5 Å². The lowest BCUT2D eigenvalue weighted by molar-refractivity contribution is 0.0708. The molecular formula is C14H32N2O. The van der Waals surface area contributed by atoms with Gasteiger partial charge in [0, 0.05) is 26.2 Å². The van der Waals surface area contributed by atoms with Crippen LogP contribution < -0.4 is 0 Å². The van der Waals surface area contributed by atoms with E-state index in [1.807, 2.05) is 13.8 Å². The maximum absolute atomic E-state index is 5.55. The second-order valence-corrected chi connectivity index (χ2v) is 4.77. The minimum Gasteiger partial charge on any atom is -0.379 e. The minimum absolute atomic E-state index is 0.375. The van der Waals surface area contributed by atoms with Crippen molar-refractivity contribution in [2.45, 2.75) is 46.6 Å². The van der Waals surface area contributed by atoms with Crippen LogP contribution >= 0.6 is 0 Å². The first kappa shape index (κ1) is 16.9. The Kier molecular flexibility index (Phi) is 10.9. The second kappa shape index (κ2) is 11.0. The molecule has 1 saturated heterocycles. The first-order chi connectivity index (χ1) is 8.18. The summed E-state index contributed by atoms with van der Waals surface area (Å²) in [5.74, 6) is 0. The van der Waals surface area contributed by atoms with E-state index in [1.54, 1.807) is 0 Å². The Bertz CT molecular complexity index is 162. The molecule has 0 bridgehead atoms. The zero-order chi connectivity index (χ0) is 13.1. The number of hydrogen-bond donors (Lipinski definition) is 0. The summed E-state index contributed by atoms with van der Waals surface area (Å²) in [5.41, 5.74) is 0. The average molecular weight is 244 g/mol. The molecule has 1 aliphatic rings. The molecule has 1 fully saturated rings. The Morgan fingerprint density at radius 3 is 2.41 bits per heavy atom. The fourth-order valence-electron chi connectivity index (χ4n) is 1.93. The molecule has 0 amide bonds. The summed E-state index contributed by atoms with van der Waals surface area (Å²) < 4.78 is 5.55. The highest BCUT2D eigenvalue weighted by atomic mass is 16.5. The molecule has 0 spiro atoms. The fourth-order valence-corrected chi connectivity index (χ4v) is 1.93. The fraction of sp³-hybridized carbons (Fsp3) is 1.00. The molecule has 17 heavy (non-hydrogen) atoms. The molecule has 0 aromatic rings. The molecule has 0 N–H and O–H groups in total. The van der Waals surface area contributed by atoms with Gasteiger partial charge in [0.15, 0.2) is 0 Å². The number of rotatable bonds is 5. The number of ether oxygens (including phenoxy) is 1. The van der Waals surface area contributed by atoms with E-state index in [4.69, 9.17) is 4.74 Å². The summed E-state index contributed by atoms with van der Waals surface area (Å²) in [7, 11) is 2.21. The molecule has 0 unspecified atom stereocenters. The van der Waals surface area contributed by atoms with Gasteiger partial charge in [-0.3, -0.25) is 0 Å². The molecule has 0 saturated carbocycles. The molecule has 0 aromatic heterocycles. The lowest BCUT2D eigenvalue weighted by atomic mass is 10.3. The van der Waals surface area contributed by atoms with Crippen molar-refractivity contribution in [3.8, 4) is 0 Å². The van der Waals surface area contributed by atoms with E-state index in [0.717, 1.165) is 6.61 Å². The molecule has 1 heterocycles. The quantitative estimate of drug-likeness (QED) is 0.691. The first-order valence-electron chi connectivity index (χ1n) is 7.21. The van der Waals surface area contributed by atoms with Crippen LogP contribution in [0.3, 0.4) is 0 Å². The smallest absolute Gasteiger partial charge is 0.0518 e. The van der Waals surface area contributed by atoms with Crippen LogP contribution in [-0.2, 0) is 4.74 Å². The molecule has 0 atom stereocenters. The van der Waals surface area contributed by atoms with Crippen molar-refractivity contribution in [3.05, 3.63) is 0 Å². The Morgan fingerprint density at radius 2 is 1.76 bits per heavy atom. The summed E-state index contributed by atoms with van der Waals surface area (Å²) >= 11 is 0. The maximum atomic E-state index is 5.55. The molecular weight excluding hydrogens is 212 g/mol. The van der Waals surface area contributed by atoms with Crippen LogP contribution in [0.15, 0.2) is 0 Å². The standard InChI is InChI=1S/C12H26N2O.C2H6/c1-12(2)15-11-5-8-14-7-4-6-13(3)9-10-14;1-2/h12H,4-11H2,1-3H3;1-2H3. The largest absolute Gasteiger partial charge is 0.379 e. The van der Waals surface area contributed by atoms with Gasteiger partial charge in [-0.05, 0) is 46.8 Å². The van der Waals surface area contributed by atoms with Crippen molar-refractivity contribution in [1.29, 1.82) is 0 Å². The van der Waals surface area contributed by atoms with Crippen molar-refractivity contribution in [3.63, 3.8) is 0 Å². The van der Waals surface area contributed by atoms with Gasteiger partial charge in [-0.2, -0.15) is 0 Å². The topological polar surface area (TPSA) is 15.7 Å². The highest BCUT2D eigenvalue weighted by molar-refractivity contribution is 4.66. The van der Waals surface area contributed by atoms with Gasteiger partial charge in [0.2, 0.25) is 0 Å². The molecule has 0 aliphatic carbocycles. The Balaban J connectivity index is 0.00000121.